The summed E-state index contributed by atoms with van der Waals surface area (Å²) in [7, 11) is 0. The summed E-state index contributed by atoms with van der Waals surface area (Å²) >= 11 is 0. The summed E-state index contributed by atoms with van der Waals surface area (Å²) in [6, 6.07) is 15.2. The molecule has 27 heavy (non-hydrogen) atoms. The molecule has 2 aromatic carbocycles. The molecule has 0 fully saturated rings. The molecule has 9 nitrogen and oxygen atoms in total. The van der Waals surface area contributed by atoms with Crippen molar-refractivity contribution in [3.8, 4) is 5.69 Å². The minimum atomic E-state index is -0.187. The van der Waals surface area contributed by atoms with Crippen LogP contribution in [0.4, 0.5) is 0 Å². The van der Waals surface area contributed by atoms with Crippen molar-refractivity contribution < 1.29 is 4.79 Å². The van der Waals surface area contributed by atoms with Crippen LogP contribution in [-0.2, 0) is 13.1 Å². The van der Waals surface area contributed by atoms with E-state index >= 15 is 0 Å². The van der Waals surface area contributed by atoms with Gasteiger partial charge in [0.15, 0.2) is 0 Å². The van der Waals surface area contributed by atoms with E-state index in [1.54, 1.807) is 23.1 Å². The Balaban J connectivity index is 1.41. The molecule has 0 aliphatic heterocycles. The number of amides is 1. The number of rotatable bonds is 6. The Hall–Kier alpha value is -3.88. The summed E-state index contributed by atoms with van der Waals surface area (Å²) in [5.41, 5.74) is 3.25. The molecule has 0 unspecified atom stereocenters. The Kier molecular flexibility index (Phi) is 4.64. The highest BCUT2D eigenvalue weighted by Gasteiger charge is 2.12. The fraction of sp³-hybridized carbons (Fsp3) is 0.111. The van der Waals surface area contributed by atoms with Crippen molar-refractivity contribution in [3.63, 3.8) is 0 Å². The Bertz CT molecular complexity index is 1010. The lowest BCUT2D eigenvalue weighted by atomic mass is 10.1. The van der Waals surface area contributed by atoms with Gasteiger partial charge in [-0.2, -0.15) is 9.78 Å². The molecule has 0 spiro atoms. The molecule has 4 rings (SSSR count). The first kappa shape index (κ1) is 16.6. The maximum Gasteiger partial charge on any atom is 0.253 e. The molecular weight excluding hydrogens is 344 g/mol. The van der Waals surface area contributed by atoms with Crippen molar-refractivity contribution >= 4 is 5.91 Å². The molecular formula is C18H16N8O. The summed E-state index contributed by atoms with van der Waals surface area (Å²) in [6.07, 6.45) is 4.65. The zero-order valence-corrected chi connectivity index (χ0v) is 14.3. The topological polar surface area (TPSA) is 103 Å². The lowest BCUT2D eigenvalue weighted by molar-refractivity contribution is 0.0950. The van der Waals surface area contributed by atoms with E-state index in [1.165, 1.54) is 17.3 Å². The van der Waals surface area contributed by atoms with Crippen molar-refractivity contribution in [2.24, 2.45) is 0 Å². The molecule has 0 radical (unpaired) electrons. The summed E-state index contributed by atoms with van der Waals surface area (Å²) in [4.78, 5) is 16.5. The van der Waals surface area contributed by atoms with Gasteiger partial charge in [0.05, 0.1) is 17.8 Å². The smallest absolute Gasteiger partial charge is 0.253 e. The third-order valence-electron chi connectivity index (χ3n) is 4.03. The molecule has 0 bridgehead atoms. The molecule has 1 N–H and O–H groups in total. The normalized spacial score (nSPS) is 10.7. The SMILES string of the molecule is O=C(NCc1ccc(Cn2cncn2)cc1)c1ccccc1-n1cnnn1. The molecule has 0 aliphatic carbocycles. The number of carbonyl (C=O) groups is 1. The Morgan fingerprint density at radius 3 is 2.56 bits per heavy atom. The second kappa shape index (κ2) is 7.56. The summed E-state index contributed by atoms with van der Waals surface area (Å²) < 4.78 is 3.22. The Morgan fingerprint density at radius 1 is 1.00 bits per heavy atom. The fourth-order valence-electron chi connectivity index (χ4n) is 2.68. The van der Waals surface area contributed by atoms with Crippen LogP contribution >= 0.6 is 0 Å². The van der Waals surface area contributed by atoms with Gasteiger partial charge >= 0.3 is 0 Å². The summed E-state index contributed by atoms with van der Waals surface area (Å²) in [5, 5.41) is 18.1. The molecule has 134 valence electrons. The predicted octanol–water partition coefficient (Wildman–Crippen LogP) is 1.23. The maximum atomic E-state index is 12.6. The fourth-order valence-corrected chi connectivity index (χ4v) is 2.68. The lowest BCUT2D eigenvalue weighted by Gasteiger charge is -2.10. The van der Waals surface area contributed by atoms with Gasteiger partial charge in [0.25, 0.3) is 5.91 Å². The first-order valence-electron chi connectivity index (χ1n) is 8.30. The number of nitrogens with zero attached hydrogens (tertiary/aromatic N) is 7. The Labute approximate surface area is 154 Å². The van der Waals surface area contributed by atoms with Gasteiger partial charge in [-0.3, -0.25) is 4.79 Å². The van der Waals surface area contributed by atoms with Gasteiger partial charge in [0.2, 0.25) is 0 Å². The molecule has 0 atom stereocenters. The van der Waals surface area contributed by atoms with Crippen molar-refractivity contribution in [1.82, 2.24) is 40.3 Å². The van der Waals surface area contributed by atoms with Crippen LogP contribution in [0.1, 0.15) is 21.5 Å². The van der Waals surface area contributed by atoms with Crippen LogP contribution in [0.5, 0.6) is 0 Å². The number of tetrazole rings is 1. The highest BCUT2D eigenvalue weighted by Crippen LogP contribution is 2.13. The zero-order valence-electron chi connectivity index (χ0n) is 14.3. The largest absolute Gasteiger partial charge is 0.348 e. The number of carbonyl (C=O) groups excluding carboxylic acids is 1. The number of hydrogen-bond acceptors (Lipinski definition) is 6. The number of hydrogen-bond donors (Lipinski definition) is 1. The van der Waals surface area contributed by atoms with Gasteiger partial charge in [-0.05, 0) is 33.7 Å². The van der Waals surface area contributed by atoms with E-state index in [9.17, 15) is 4.79 Å². The van der Waals surface area contributed by atoms with Crippen molar-refractivity contribution in [2.45, 2.75) is 13.1 Å². The molecule has 0 aliphatic rings. The van der Waals surface area contributed by atoms with Crippen molar-refractivity contribution in [3.05, 3.63) is 84.2 Å². The van der Waals surface area contributed by atoms with Gasteiger partial charge in [-0.1, -0.05) is 36.4 Å². The second-order valence-corrected chi connectivity index (χ2v) is 5.86. The van der Waals surface area contributed by atoms with E-state index < -0.39 is 0 Å². The van der Waals surface area contributed by atoms with E-state index in [0.29, 0.717) is 24.3 Å². The molecule has 4 aromatic rings. The quantitative estimate of drug-likeness (QED) is 0.555. The van der Waals surface area contributed by atoms with Gasteiger partial charge < -0.3 is 5.32 Å². The highest BCUT2D eigenvalue weighted by molar-refractivity contribution is 5.97. The zero-order chi connectivity index (χ0) is 18.5. The standard InChI is InChI=1S/C18H16N8O/c27-18(16-3-1-2-4-17(16)26-13-21-23-24-26)20-9-14-5-7-15(8-6-14)10-25-12-19-11-22-25/h1-8,11-13H,9-10H2,(H,20,27). The van der Waals surface area contributed by atoms with Crippen LogP contribution in [0.25, 0.3) is 5.69 Å². The molecule has 2 aromatic heterocycles. The third kappa shape index (κ3) is 3.87. The maximum absolute atomic E-state index is 12.6. The molecule has 1 amide bonds. The monoisotopic (exact) mass is 360 g/mol. The van der Waals surface area contributed by atoms with E-state index in [0.717, 1.165) is 11.1 Å². The van der Waals surface area contributed by atoms with Crippen LogP contribution in [0, 0.1) is 0 Å². The van der Waals surface area contributed by atoms with Crippen molar-refractivity contribution in [2.75, 3.05) is 0 Å². The van der Waals surface area contributed by atoms with Crippen LogP contribution in [0.15, 0.2) is 67.5 Å². The Morgan fingerprint density at radius 2 is 1.81 bits per heavy atom. The van der Waals surface area contributed by atoms with E-state index in [-0.39, 0.29) is 5.91 Å². The van der Waals surface area contributed by atoms with Crippen LogP contribution in [0.3, 0.4) is 0 Å². The van der Waals surface area contributed by atoms with Crippen molar-refractivity contribution in [1.29, 1.82) is 0 Å². The van der Waals surface area contributed by atoms with E-state index in [2.05, 4.69) is 30.9 Å². The third-order valence-corrected chi connectivity index (χ3v) is 4.03. The highest BCUT2D eigenvalue weighted by atomic mass is 16.1. The summed E-state index contributed by atoms with van der Waals surface area (Å²) in [6.45, 7) is 1.08. The van der Waals surface area contributed by atoms with Crippen LogP contribution in [0.2, 0.25) is 0 Å². The second-order valence-electron chi connectivity index (χ2n) is 5.86. The van der Waals surface area contributed by atoms with E-state index in [1.807, 2.05) is 36.4 Å². The molecule has 9 heteroatoms. The van der Waals surface area contributed by atoms with Gasteiger partial charge in [0.1, 0.15) is 19.0 Å². The molecule has 0 saturated heterocycles. The van der Waals surface area contributed by atoms with Gasteiger partial charge in [-0.25, -0.2) is 9.67 Å². The number of aromatic nitrogens is 7. The average Bonchev–Trinajstić information content (AvgIpc) is 3.41. The lowest BCUT2D eigenvalue weighted by Crippen LogP contribution is -2.24. The van der Waals surface area contributed by atoms with Crippen LogP contribution in [-0.4, -0.2) is 40.9 Å². The first-order chi connectivity index (χ1) is 13.3. The minimum Gasteiger partial charge on any atom is -0.348 e. The summed E-state index contributed by atoms with van der Waals surface area (Å²) in [5.74, 6) is -0.187. The first-order valence-corrected chi connectivity index (χ1v) is 8.30. The number of para-hydroxylation sites is 1. The molecule has 0 saturated carbocycles. The van der Waals surface area contributed by atoms with Gasteiger partial charge in [-0.15, -0.1) is 5.10 Å². The number of benzene rings is 2. The van der Waals surface area contributed by atoms with Crippen LogP contribution < -0.4 is 5.32 Å². The predicted molar refractivity (Wildman–Crippen MR) is 95.9 cm³/mol. The van der Waals surface area contributed by atoms with E-state index in [4.69, 9.17) is 0 Å². The number of nitrogens with one attached hydrogen (secondary N) is 1. The minimum absolute atomic E-state index is 0.187. The van der Waals surface area contributed by atoms with Gasteiger partial charge in [0, 0.05) is 6.54 Å². The average molecular weight is 360 g/mol. The molecule has 2 heterocycles.